The lowest BCUT2D eigenvalue weighted by molar-refractivity contribution is -0.429. The highest BCUT2D eigenvalue weighted by Crippen LogP contribution is 2.38. The summed E-state index contributed by atoms with van der Waals surface area (Å²) in [6.45, 7) is 5.70. The minimum Gasteiger partial charge on any atom is -0.469 e. The second-order valence-electron chi connectivity index (χ2n) is 10.2. The minimum atomic E-state index is -1.66. The van der Waals surface area contributed by atoms with Crippen molar-refractivity contribution in [2.24, 2.45) is 5.41 Å². The number of hydrogen-bond acceptors (Lipinski definition) is 12. The van der Waals surface area contributed by atoms with Crippen LogP contribution in [-0.2, 0) is 42.9 Å². The van der Waals surface area contributed by atoms with Gasteiger partial charge in [-0.2, -0.15) is 0 Å². The van der Waals surface area contributed by atoms with Crippen LogP contribution in [0.5, 0.6) is 0 Å². The van der Waals surface area contributed by atoms with E-state index in [-0.39, 0.29) is 80.8 Å². The molecule has 1 saturated heterocycles. The number of esters is 1. The van der Waals surface area contributed by atoms with Gasteiger partial charge in [-0.1, -0.05) is 32.5 Å². The van der Waals surface area contributed by atoms with E-state index in [1.807, 2.05) is 0 Å². The highest BCUT2D eigenvalue weighted by molar-refractivity contribution is 8.13. The predicted molar refractivity (Wildman–Crippen MR) is 145 cm³/mol. The van der Waals surface area contributed by atoms with E-state index in [4.69, 9.17) is 14.2 Å². The number of aliphatic hydroxyl groups excluding tert-OH is 2. The molecule has 4 N–H and O–H groups in total. The van der Waals surface area contributed by atoms with E-state index >= 15 is 0 Å². The molecular weight excluding hydrogens is 548 g/mol. The molecule has 0 bridgehead atoms. The molecule has 0 aliphatic carbocycles. The lowest BCUT2D eigenvalue weighted by Gasteiger charge is -2.47. The number of amides is 2. The molecule has 0 saturated carbocycles. The second kappa shape index (κ2) is 17.7. The summed E-state index contributed by atoms with van der Waals surface area (Å²) in [5, 5.41) is 25.2. The molecule has 0 radical (unpaired) electrons. The fourth-order valence-electron chi connectivity index (χ4n) is 3.78. The van der Waals surface area contributed by atoms with Crippen molar-refractivity contribution in [2.75, 3.05) is 39.7 Å². The Labute approximate surface area is 239 Å². The maximum absolute atomic E-state index is 13.0. The zero-order valence-corrected chi connectivity index (χ0v) is 24.8. The number of thioether (sulfide) groups is 1. The molecule has 2 amide bonds. The van der Waals surface area contributed by atoms with Crippen LogP contribution in [0.3, 0.4) is 0 Å². The van der Waals surface area contributed by atoms with E-state index < -0.39 is 41.6 Å². The van der Waals surface area contributed by atoms with Crippen molar-refractivity contribution in [2.45, 2.75) is 90.0 Å². The molecule has 230 valence electrons. The number of hydrogen-bond donors (Lipinski definition) is 4. The van der Waals surface area contributed by atoms with Crippen LogP contribution in [0.4, 0.5) is 0 Å². The summed E-state index contributed by atoms with van der Waals surface area (Å²) in [6.07, 6.45) is -2.64. The molecule has 1 rings (SSSR count). The molecule has 1 heterocycles. The summed E-state index contributed by atoms with van der Waals surface area (Å²) >= 11 is 0.912. The minimum absolute atomic E-state index is 0.0109. The number of rotatable bonds is 18. The number of ether oxygens (including phenoxy) is 4. The first kappa shape index (κ1) is 35.9. The van der Waals surface area contributed by atoms with Crippen LogP contribution in [0.15, 0.2) is 0 Å². The SMILES string of the molecule is CCC(O)CC(O)CC1(OC)OCC(C)(C)[C@H](C(=O)NCCC(=O)NCCSC(=O)CC(=O)CCC(=O)OC)O1. The van der Waals surface area contributed by atoms with E-state index in [1.54, 1.807) is 20.8 Å². The number of carbonyl (C=O) groups is 5. The number of Topliss-reactive ketones (excluding diaryl/α,β-unsaturated/α-hetero) is 1. The summed E-state index contributed by atoms with van der Waals surface area (Å²) in [5.74, 6) is -3.07. The van der Waals surface area contributed by atoms with E-state index in [1.165, 1.54) is 14.2 Å². The summed E-state index contributed by atoms with van der Waals surface area (Å²) in [7, 11) is 2.56. The van der Waals surface area contributed by atoms with Gasteiger partial charge in [-0.3, -0.25) is 24.0 Å². The van der Waals surface area contributed by atoms with Gasteiger partial charge in [-0.05, 0) is 12.8 Å². The van der Waals surface area contributed by atoms with Crippen molar-refractivity contribution < 1.29 is 53.1 Å². The molecule has 1 aliphatic heterocycles. The molecule has 0 spiro atoms. The Kier molecular flexibility index (Phi) is 15.9. The first-order chi connectivity index (χ1) is 18.8. The number of carbonyl (C=O) groups excluding carboxylic acids is 5. The van der Waals surface area contributed by atoms with Crippen LogP contribution < -0.4 is 10.6 Å². The standard InChI is InChI=1S/C26H44N2O11S/c1-6-17(29)13-19(31)15-26(37-5)38-16-25(2,3)23(39-26)24(35)28-10-9-20(32)27-11-12-40-22(34)14-18(30)7-8-21(33)36-4/h17,19,23,29,31H,6-16H2,1-5H3,(H,27,32)(H,28,35)/t17?,19?,23-,26?/m0/s1. The summed E-state index contributed by atoms with van der Waals surface area (Å²) < 4.78 is 21.5. The van der Waals surface area contributed by atoms with Crippen molar-refractivity contribution >= 4 is 40.4 Å². The molecule has 0 aromatic rings. The van der Waals surface area contributed by atoms with Crippen molar-refractivity contribution in [3.05, 3.63) is 0 Å². The van der Waals surface area contributed by atoms with Gasteiger partial charge in [0, 0.05) is 44.2 Å². The summed E-state index contributed by atoms with van der Waals surface area (Å²) in [6, 6.07) is 0. The van der Waals surface area contributed by atoms with Gasteiger partial charge in [0.1, 0.15) is 11.9 Å². The molecule has 4 atom stereocenters. The molecule has 0 aromatic heterocycles. The van der Waals surface area contributed by atoms with Gasteiger partial charge < -0.3 is 39.8 Å². The molecule has 13 nitrogen and oxygen atoms in total. The zero-order chi connectivity index (χ0) is 30.3. The third-order valence-corrected chi connectivity index (χ3v) is 7.11. The topological polar surface area (TPSA) is 187 Å². The van der Waals surface area contributed by atoms with Crippen molar-refractivity contribution in [1.82, 2.24) is 10.6 Å². The van der Waals surface area contributed by atoms with E-state index in [2.05, 4.69) is 15.4 Å². The van der Waals surface area contributed by atoms with E-state index in [9.17, 15) is 34.2 Å². The van der Waals surface area contributed by atoms with Crippen LogP contribution >= 0.6 is 11.8 Å². The average molecular weight is 593 g/mol. The lowest BCUT2D eigenvalue weighted by atomic mass is 9.85. The number of methoxy groups -OCH3 is 2. The van der Waals surface area contributed by atoms with E-state index in [0.717, 1.165) is 11.8 Å². The summed E-state index contributed by atoms with van der Waals surface area (Å²) in [5.41, 5.74) is -0.729. The molecule has 3 unspecified atom stereocenters. The van der Waals surface area contributed by atoms with Crippen LogP contribution in [0, 0.1) is 5.41 Å². The van der Waals surface area contributed by atoms with Gasteiger partial charge in [0.2, 0.25) is 11.8 Å². The highest BCUT2D eigenvalue weighted by atomic mass is 32.2. The van der Waals surface area contributed by atoms with Gasteiger partial charge in [0.15, 0.2) is 5.12 Å². The molecular formula is C26H44N2O11S. The van der Waals surface area contributed by atoms with Crippen LogP contribution in [0.25, 0.3) is 0 Å². The smallest absolute Gasteiger partial charge is 0.305 e. The fraction of sp³-hybridized carbons (Fsp3) is 0.808. The Hall–Kier alpha value is -2.10. The Morgan fingerprint density at radius 3 is 2.35 bits per heavy atom. The Morgan fingerprint density at radius 2 is 1.73 bits per heavy atom. The van der Waals surface area contributed by atoms with Crippen LogP contribution in [-0.4, -0.2) is 103 Å². The molecule has 0 aromatic carbocycles. The van der Waals surface area contributed by atoms with E-state index in [0.29, 0.717) is 6.42 Å². The first-order valence-electron chi connectivity index (χ1n) is 13.3. The number of aliphatic hydroxyl groups is 2. The zero-order valence-electron chi connectivity index (χ0n) is 24.0. The predicted octanol–water partition coefficient (Wildman–Crippen LogP) is 0.435. The third kappa shape index (κ3) is 13.0. The maximum Gasteiger partial charge on any atom is 0.305 e. The quantitative estimate of drug-likeness (QED) is 0.0978. The summed E-state index contributed by atoms with van der Waals surface area (Å²) in [4.78, 5) is 59.7. The lowest BCUT2D eigenvalue weighted by Crippen LogP contribution is -2.60. The second-order valence-corrected chi connectivity index (χ2v) is 11.4. The van der Waals surface area contributed by atoms with Crippen molar-refractivity contribution in [1.29, 1.82) is 0 Å². The number of nitrogens with one attached hydrogen (secondary N) is 2. The Bertz CT molecular complexity index is 870. The number of ketones is 1. The maximum atomic E-state index is 13.0. The Balaban J connectivity index is 2.43. The van der Waals surface area contributed by atoms with Gasteiger partial charge in [0.05, 0.1) is 45.2 Å². The molecule has 1 fully saturated rings. The molecule has 1 aliphatic rings. The average Bonchev–Trinajstić information content (AvgIpc) is 2.90. The van der Waals surface area contributed by atoms with Crippen LogP contribution in [0.2, 0.25) is 0 Å². The first-order valence-corrected chi connectivity index (χ1v) is 14.3. The van der Waals surface area contributed by atoms with Gasteiger partial charge in [0.25, 0.3) is 5.97 Å². The van der Waals surface area contributed by atoms with Crippen molar-refractivity contribution in [3.8, 4) is 0 Å². The largest absolute Gasteiger partial charge is 0.469 e. The van der Waals surface area contributed by atoms with Crippen LogP contribution in [0.1, 0.15) is 65.7 Å². The Morgan fingerprint density at radius 1 is 1.02 bits per heavy atom. The third-order valence-electron chi connectivity index (χ3n) is 6.24. The fourth-order valence-corrected chi connectivity index (χ4v) is 4.48. The highest BCUT2D eigenvalue weighted by Gasteiger charge is 2.51. The van der Waals surface area contributed by atoms with Gasteiger partial charge in [-0.15, -0.1) is 0 Å². The van der Waals surface area contributed by atoms with Crippen molar-refractivity contribution in [3.63, 3.8) is 0 Å². The molecule has 14 heteroatoms. The normalized spacial score (nSPS) is 21.6. The monoisotopic (exact) mass is 592 g/mol. The molecule has 40 heavy (non-hydrogen) atoms. The van der Waals surface area contributed by atoms with Gasteiger partial charge in [-0.25, -0.2) is 0 Å². The van der Waals surface area contributed by atoms with Gasteiger partial charge >= 0.3 is 5.97 Å².